The molecule has 0 spiro atoms. The van der Waals surface area contributed by atoms with E-state index in [-0.39, 0.29) is 11.2 Å². The Balaban J connectivity index is 2.18. The standard InChI is InChI=1S/C14H23NO2S/c1-11-7-8-12(10-15)14(9-11)18(16,17)13-5-3-2-4-6-13/h11-14H,2-9H2,1H3. The minimum atomic E-state index is -3.10. The van der Waals surface area contributed by atoms with E-state index in [1.165, 1.54) is 0 Å². The maximum absolute atomic E-state index is 12.7. The minimum Gasteiger partial charge on any atom is -0.228 e. The molecule has 2 aliphatic rings. The Hall–Kier alpha value is -0.560. The van der Waals surface area contributed by atoms with Crippen LogP contribution in [0.15, 0.2) is 0 Å². The second-order valence-corrected chi connectivity index (χ2v) is 8.49. The SMILES string of the molecule is CC1CCC(C#N)C(S(=O)(=O)C2CCCCC2)C1. The molecule has 3 nitrogen and oxygen atoms in total. The molecule has 0 aromatic heterocycles. The quantitative estimate of drug-likeness (QED) is 0.774. The van der Waals surface area contributed by atoms with Gasteiger partial charge in [0.15, 0.2) is 9.84 Å². The molecule has 0 amide bonds. The summed E-state index contributed by atoms with van der Waals surface area (Å²) < 4.78 is 25.4. The van der Waals surface area contributed by atoms with Crippen molar-refractivity contribution in [3.63, 3.8) is 0 Å². The first-order valence-corrected chi connectivity index (χ1v) is 8.79. The van der Waals surface area contributed by atoms with Gasteiger partial charge in [0, 0.05) is 0 Å². The summed E-state index contributed by atoms with van der Waals surface area (Å²) in [5, 5.41) is 8.63. The van der Waals surface area contributed by atoms with Crippen LogP contribution < -0.4 is 0 Å². The number of nitriles is 1. The molecule has 0 saturated heterocycles. The molecule has 0 N–H and O–H groups in total. The zero-order valence-electron chi connectivity index (χ0n) is 11.1. The number of hydrogen-bond acceptors (Lipinski definition) is 3. The molecule has 0 aromatic carbocycles. The molecule has 4 heteroatoms. The van der Waals surface area contributed by atoms with Gasteiger partial charge in [0.05, 0.1) is 22.5 Å². The van der Waals surface area contributed by atoms with E-state index in [0.29, 0.717) is 12.3 Å². The fraction of sp³-hybridized carbons (Fsp3) is 0.929. The third kappa shape index (κ3) is 2.71. The Morgan fingerprint density at radius 1 is 1.06 bits per heavy atom. The predicted octanol–water partition coefficient (Wildman–Crippen LogP) is 3.06. The first-order chi connectivity index (χ1) is 8.55. The molecular weight excluding hydrogens is 246 g/mol. The average Bonchev–Trinajstić information content (AvgIpc) is 2.39. The lowest BCUT2D eigenvalue weighted by Gasteiger charge is -2.34. The number of rotatable bonds is 2. The van der Waals surface area contributed by atoms with Crippen LogP contribution in [-0.4, -0.2) is 18.9 Å². The molecule has 3 unspecified atom stereocenters. The Labute approximate surface area is 110 Å². The third-order valence-corrected chi connectivity index (χ3v) is 7.42. The highest BCUT2D eigenvalue weighted by atomic mass is 32.2. The van der Waals surface area contributed by atoms with Crippen molar-refractivity contribution in [2.75, 3.05) is 0 Å². The molecule has 0 aromatic rings. The molecule has 0 radical (unpaired) electrons. The molecule has 0 aliphatic heterocycles. The van der Waals surface area contributed by atoms with E-state index in [1.54, 1.807) is 0 Å². The largest absolute Gasteiger partial charge is 0.228 e. The van der Waals surface area contributed by atoms with E-state index in [9.17, 15) is 13.7 Å². The van der Waals surface area contributed by atoms with Crippen molar-refractivity contribution in [2.24, 2.45) is 11.8 Å². The smallest absolute Gasteiger partial charge is 0.157 e. The van der Waals surface area contributed by atoms with Crippen molar-refractivity contribution in [1.29, 1.82) is 5.26 Å². The Morgan fingerprint density at radius 3 is 2.33 bits per heavy atom. The van der Waals surface area contributed by atoms with E-state index in [0.717, 1.165) is 44.9 Å². The first kappa shape index (κ1) is 13.9. The summed E-state index contributed by atoms with van der Waals surface area (Å²) in [6, 6.07) is 2.24. The van der Waals surface area contributed by atoms with E-state index in [2.05, 4.69) is 13.0 Å². The van der Waals surface area contributed by atoms with Gasteiger partial charge in [-0.15, -0.1) is 0 Å². The zero-order chi connectivity index (χ0) is 13.2. The summed E-state index contributed by atoms with van der Waals surface area (Å²) in [5.74, 6) is 0.172. The number of hydrogen-bond donors (Lipinski definition) is 0. The van der Waals surface area contributed by atoms with Gasteiger partial charge in [0.1, 0.15) is 0 Å². The fourth-order valence-corrected chi connectivity index (χ4v) is 6.22. The molecule has 2 aliphatic carbocycles. The van der Waals surface area contributed by atoms with E-state index < -0.39 is 15.1 Å². The highest BCUT2D eigenvalue weighted by Crippen LogP contribution is 2.37. The molecule has 0 bridgehead atoms. The summed E-state index contributed by atoms with van der Waals surface area (Å²) >= 11 is 0. The topological polar surface area (TPSA) is 57.9 Å². The van der Waals surface area contributed by atoms with Crippen LogP contribution in [0.2, 0.25) is 0 Å². The monoisotopic (exact) mass is 269 g/mol. The summed E-state index contributed by atoms with van der Waals surface area (Å²) in [4.78, 5) is 0. The maximum atomic E-state index is 12.7. The summed E-state index contributed by atoms with van der Waals surface area (Å²) in [7, 11) is -3.10. The van der Waals surface area contributed by atoms with E-state index >= 15 is 0 Å². The number of nitrogens with zero attached hydrogens (tertiary/aromatic N) is 1. The highest BCUT2D eigenvalue weighted by molar-refractivity contribution is 7.92. The van der Waals surface area contributed by atoms with Gasteiger partial charge in [-0.1, -0.05) is 26.2 Å². The van der Waals surface area contributed by atoms with Crippen LogP contribution in [0.25, 0.3) is 0 Å². The molecule has 2 rings (SSSR count). The lowest BCUT2D eigenvalue weighted by molar-refractivity contribution is 0.330. The average molecular weight is 269 g/mol. The van der Waals surface area contributed by atoms with Crippen molar-refractivity contribution in [1.82, 2.24) is 0 Å². The lowest BCUT2D eigenvalue weighted by Crippen LogP contribution is -2.41. The van der Waals surface area contributed by atoms with Gasteiger partial charge in [-0.2, -0.15) is 5.26 Å². The lowest BCUT2D eigenvalue weighted by atomic mass is 9.83. The molecule has 102 valence electrons. The van der Waals surface area contributed by atoms with Crippen LogP contribution in [0, 0.1) is 23.2 Å². The predicted molar refractivity (Wildman–Crippen MR) is 71.7 cm³/mol. The summed E-state index contributed by atoms with van der Waals surface area (Å²) in [5.41, 5.74) is 0. The third-order valence-electron chi connectivity index (χ3n) is 4.66. The second kappa shape index (κ2) is 5.61. The number of sulfone groups is 1. The van der Waals surface area contributed by atoms with Crippen LogP contribution in [-0.2, 0) is 9.84 Å². The van der Waals surface area contributed by atoms with E-state index in [1.807, 2.05) is 0 Å². The van der Waals surface area contributed by atoms with Crippen LogP contribution in [0.4, 0.5) is 0 Å². The zero-order valence-corrected chi connectivity index (χ0v) is 12.0. The molecule has 3 atom stereocenters. The Bertz CT molecular complexity index is 418. The summed E-state index contributed by atoms with van der Waals surface area (Å²) in [6.07, 6.45) is 7.29. The van der Waals surface area contributed by atoms with Gasteiger partial charge >= 0.3 is 0 Å². The Morgan fingerprint density at radius 2 is 1.72 bits per heavy atom. The molecule has 2 saturated carbocycles. The van der Waals surface area contributed by atoms with Crippen molar-refractivity contribution in [3.8, 4) is 6.07 Å². The van der Waals surface area contributed by atoms with Crippen molar-refractivity contribution < 1.29 is 8.42 Å². The minimum absolute atomic E-state index is 0.169. The fourth-order valence-electron chi connectivity index (χ4n) is 3.48. The highest BCUT2D eigenvalue weighted by Gasteiger charge is 2.42. The van der Waals surface area contributed by atoms with Gasteiger partial charge in [0.2, 0.25) is 0 Å². The van der Waals surface area contributed by atoms with Crippen molar-refractivity contribution >= 4 is 9.84 Å². The molecule has 0 heterocycles. The van der Waals surface area contributed by atoms with Crippen molar-refractivity contribution in [2.45, 2.75) is 68.8 Å². The van der Waals surface area contributed by atoms with Gasteiger partial charge in [-0.05, 0) is 38.0 Å². The maximum Gasteiger partial charge on any atom is 0.157 e. The van der Waals surface area contributed by atoms with Gasteiger partial charge in [-0.25, -0.2) is 8.42 Å². The molecular formula is C14H23NO2S. The van der Waals surface area contributed by atoms with Crippen LogP contribution >= 0.6 is 0 Å². The van der Waals surface area contributed by atoms with Crippen molar-refractivity contribution in [3.05, 3.63) is 0 Å². The first-order valence-electron chi connectivity index (χ1n) is 7.18. The van der Waals surface area contributed by atoms with Crippen LogP contribution in [0.3, 0.4) is 0 Å². The van der Waals surface area contributed by atoms with Gasteiger partial charge < -0.3 is 0 Å². The molecule has 18 heavy (non-hydrogen) atoms. The van der Waals surface area contributed by atoms with Crippen LogP contribution in [0.1, 0.15) is 58.3 Å². The van der Waals surface area contributed by atoms with Gasteiger partial charge in [-0.3, -0.25) is 0 Å². The Kier molecular flexibility index (Phi) is 4.32. The molecule has 2 fully saturated rings. The van der Waals surface area contributed by atoms with Gasteiger partial charge in [0.25, 0.3) is 0 Å². The van der Waals surface area contributed by atoms with Crippen LogP contribution in [0.5, 0.6) is 0 Å². The van der Waals surface area contributed by atoms with E-state index in [4.69, 9.17) is 0 Å². The second-order valence-electron chi connectivity index (χ2n) is 6.04. The summed E-state index contributed by atoms with van der Waals surface area (Å²) in [6.45, 7) is 2.11. The normalized spacial score (nSPS) is 35.0.